The van der Waals surface area contributed by atoms with Crippen LogP contribution < -0.4 is 0 Å². The van der Waals surface area contributed by atoms with Gasteiger partial charge in [-0.3, -0.25) is 0 Å². The summed E-state index contributed by atoms with van der Waals surface area (Å²) in [7, 11) is 0. The minimum Gasteiger partial charge on any atom is -0.378 e. The first-order chi connectivity index (χ1) is 16.7. The minimum absolute atomic E-state index is 0.0870. The molecule has 9 heteroatoms. The second-order valence-corrected chi connectivity index (χ2v) is 9.35. The van der Waals surface area contributed by atoms with Crippen LogP contribution in [-0.4, -0.2) is 78.6 Å². The summed E-state index contributed by atoms with van der Waals surface area (Å²) < 4.78 is 26.0. The maximum Gasteiger partial charge on any atom is 0.234 e. The number of rotatable bonds is 4. The van der Waals surface area contributed by atoms with Gasteiger partial charge in [-0.2, -0.15) is 4.99 Å². The van der Waals surface area contributed by atoms with Gasteiger partial charge in [0, 0.05) is 37.7 Å². The fraction of sp³-hybridized carbons (Fsp3) is 0.400. The van der Waals surface area contributed by atoms with Crippen LogP contribution >= 0.6 is 11.3 Å². The first-order valence-corrected chi connectivity index (χ1v) is 12.4. The van der Waals surface area contributed by atoms with Crippen molar-refractivity contribution in [1.82, 2.24) is 20.0 Å². The molecule has 1 aromatic heterocycles. The number of halogens is 1. The molecule has 7 nitrogen and oxygen atoms in total. The number of aliphatic imine (C=N–C) groups is 1. The minimum atomic E-state index is -0.236. The normalized spacial score (nSPS) is 17.5. The van der Waals surface area contributed by atoms with Crippen molar-refractivity contribution in [1.29, 1.82) is 0 Å². The molecule has 0 spiro atoms. The van der Waals surface area contributed by atoms with Crippen LogP contribution in [0.3, 0.4) is 0 Å². The quantitative estimate of drug-likeness (QED) is 0.412. The lowest BCUT2D eigenvalue weighted by Crippen LogP contribution is -2.52. The molecule has 2 aromatic carbocycles. The van der Waals surface area contributed by atoms with Crippen molar-refractivity contribution in [2.75, 3.05) is 52.6 Å². The Morgan fingerprint density at radius 3 is 2.21 bits per heavy atom. The van der Waals surface area contributed by atoms with Gasteiger partial charge in [0.15, 0.2) is 0 Å². The van der Waals surface area contributed by atoms with Gasteiger partial charge in [-0.25, -0.2) is 4.39 Å². The molecule has 34 heavy (non-hydrogen) atoms. The van der Waals surface area contributed by atoms with Gasteiger partial charge in [-0.05, 0) is 17.2 Å². The van der Waals surface area contributed by atoms with Gasteiger partial charge in [0.2, 0.25) is 11.1 Å². The highest BCUT2D eigenvalue weighted by Crippen LogP contribution is 2.33. The van der Waals surface area contributed by atoms with Crippen LogP contribution in [0.2, 0.25) is 0 Å². The number of hydrogen-bond acceptors (Lipinski definition) is 6. The number of ether oxygens (including phenoxy) is 2. The predicted octanol–water partition coefficient (Wildman–Crippen LogP) is 4.15. The molecule has 0 bridgehead atoms. The van der Waals surface area contributed by atoms with Gasteiger partial charge >= 0.3 is 0 Å². The third-order valence-corrected chi connectivity index (χ3v) is 7.16. The van der Waals surface area contributed by atoms with E-state index in [2.05, 4.69) is 20.0 Å². The number of morpholine rings is 2. The zero-order valence-corrected chi connectivity index (χ0v) is 20.0. The van der Waals surface area contributed by atoms with Gasteiger partial charge < -0.3 is 19.3 Å². The molecule has 0 amide bonds. The zero-order valence-electron chi connectivity index (χ0n) is 19.2. The molecule has 1 atom stereocenters. The van der Waals surface area contributed by atoms with Crippen molar-refractivity contribution in [3.05, 3.63) is 64.9 Å². The van der Waals surface area contributed by atoms with E-state index in [0.717, 1.165) is 48.3 Å². The summed E-state index contributed by atoms with van der Waals surface area (Å²) in [4.78, 5) is 9.40. The highest BCUT2D eigenvalue weighted by molar-refractivity contribution is 7.15. The molecule has 1 unspecified atom stereocenters. The molecule has 3 heterocycles. The third kappa shape index (κ3) is 5.11. The standard InChI is InChI=1S/C25H28FN5O2S/c1-18(20-7-8-21(22(26)17-20)19-5-3-2-4-6-19)23-28-29-24(34-23)27-25(30-9-13-32-14-10-30)31-11-15-33-16-12-31/h2-8,17-18H,9-16H2,1H3. The highest BCUT2D eigenvalue weighted by Gasteiger charge is 2.24. The van der Waals surface area contributed by atoms with Crippen LogP contribution in [-0.2, 0) is 9.47 Å². The van der Waals surface area contributed by atoms with E-state index < -0.39 is 0 Å². The molecule has 0 saturated carbocycles. The molecule has 0 N–H and O–H groups in total. The smallest absolute Gasteiger partial charge is 0.234 e. The highest BCUT2D eigenvalue weighted by atomic mass is 32.1. The summed E-state index contributed by atoms with van der Waals surface area (Å²) in [6, 6.07) is 15.0. The van der Waals surface area contributed by atoms with Gasteiger partial charge in [0.1, 0.15) is 10.8 Å². The van der Waals surface area contributed by atoms with Crippen molar-refractivity contribution in [3.63, 3.8) is 0 Å². The Balaban J connectivity index is 1.37. The average Bonchev–Trinajstić information content (AvgIpc) is 3.37. The van der Waals surface area contributed by atoms with Crippen LogP contribution in [0.25, 0.3) is 11.1 Å². The molecule has 0 radical (unpaired) electrons. The van der Waals surface area contributed by atoms with E-state index in [-0.39, 0.29) is 11.7 Å². The molecule has 2 saturated heterocycles. The van der Waals surface area contributed by atoms with Crippen LogP contribution in [0.4, 0.5) is 9.52 Å². The van der Waals surface area contributed by atoms with Gasteiger partial charge in [-0.15, -0.1) is 10.2 Å². The molecule has 3 aromatic rings. The van der Waals surface area contributed by atoms with Gasteiger partial charge in [-0.1, -0.05) is 60.7 Å². The van der Waals surface area contributed by atoms with E-state index in [9.17, 15) is 4.39 Å². The number of hydrogen-bond donors (Lipinski definition) is 0. The molecule has 0 aliphatic carbocycles. The van der Waals surface area contributed by atoms with Crippen molar-refractivity contribution in [2.45, 2.75) is 12.8 Å². The van der Waals surface area contributed by atoms with Crippen molar-refractivity contribution >= 4 is 22.4 Å². The molecule has 5 rings (SSSR count). The Morgan fingerprint density at radius 2 is 1.59 bits per heavy atom. The van der Waals surface area contributed by atoms with Crippen LogP contribution in [0, 0.1) is 5.82 Å². The van der Waals surface area contributed by atoms with E-state index in [4.69, 9.17) is 14.5 Å². The predicted molar refractivity (Wildman–Crippen MR) is 131 cm³/mol. The fourth-order valence-corrected chi connectivity index (χ4v) is 4.99. The molecular formula is C25H28FN5O2S. The maximum atomic E-state index is 14.9. The summed E-state index contributed by atoms with van der Waals surface area (Å²) in [5.41, 5.74) is 2.33. The summed E-state index contributed by atoms with van der Waals surface area (Å²) in [5.74, 6) is 0.580. The van der Waals surface area contributed by atoms with Crippen LogP contribution in [0.1, 0.15) is 23.4 Å². The zero-order chi connectivity index (χ0) is 23.3. The summed E-state index contributed by atoms with van der Waals surface area (Å²) >= 11 is 1.45. The Morgan fingerprint density at radius 1 is 0.941 bits per heavy atom. The number of nitrogens with zero attached hydrogens (tertiary/aromatic N) is 5. The second kappa shape index (κ2) is 10.6. The van der Waals surface area contributed by atoms with E-state index in [0.29, 0.717) is 37.1 Å². The van der Waals surface area contributed by atoms with E-state index in [1.54, 1.807) is 6.07 Å². The molecule has 2 aliphatic heterocycles. The third-order valence-electron chi connectivity index (χ3n) is 6.16. The van der Waals surface area contributed by atoms with Crippen molar-refractivity contribution in [2.24, 2.45) is 4.99 Å². The Kier molecular flexibility index (Phi) is 7.13. The van der Waals surface area contributed by atoms with E-state index >= 15 is 0 Å². The Hall–Kier alpha value is -2.88. The van der Waals surface area contributed by atoms with Gasteiger partial charge in [0.05, 0.1) is 26.4 Å². The number of benzene rings is 2. The number of aromatic nitrogens is 2. The summed E-state index contributed by atoms with van der Waals surface area (Å²) in [5, 5.41) is 10.2. The number of guanidine groups is 1. The van der Waals surface area contributed by atoms with Crippen LogP contribution in [0.5, 0.6) is 0 Å². The van der Waals surface area contributed by atoms with Crippen molar-refractivity contribution in [3.8, 4) is 11.1 Å². The molecule has 2 aliphatic rings. The largest absolute Gasteiger partial charge is 0.378 e. The average molecular weight is 482 g/mol. The second-order valence-electron chi connectivity index (χ2n) is 8.36. The van der Waals surface area contributed by atoms with Crippen molar-refractivity contribution < 1.29 is 13.9 Å². The van der Waals surface area contributed by atoms with E-state index in [1.807, 2.05) is 49.4 Å². The first kappa shape index (κ1) is 22.9. The van der Waals surface area contributed by atoms with Crippen LogP contribution in [0.15, 0.2) is 53.5 Å². The lowest BCUT2D eigenvalue weighted by molar-refractivity contribution is 0.0422. The topological polar surface area (TPSA) is 63.1 Å². The SMILES string of the molecule is CC(c1ccc(-c2ccccc2)c(F)c1)c1nnc(N=C(N2CCOCC2)N2CCOCC2)s1. The molecular weight excluding hydrogens is 453 g/mol. The summed E-state index contributed by atoms with van der Waals surface area (Å²) in [6.07, 6.45) is 0. The monoisotopic (exact) mass is 481 g/mol. The maximum absolute atomic E-state index is 14.9. The lowest BCUT2D eigenvalue weighted by atomic mass is 9.97. The fourth-order valence-electron chi connectivity index (χ4n) is 4.20. The molecule has 178 valence electrons. The lowest BCUT2D eigenvalue weighted by Gasteiger charge is -2.37. The summed E-state index contributed by atoms with van der Waals surface area (Å²) in [6.45, 7) is 7.96. The van der Waals surface area contributed by atoms with E-state index in [1.165, 1.54) is 11.3 Å². The first-order valence-electron chi connectivity index (χ1n) is 11.6. The Labute approximate surface area is 202 Å². The molecule has 2 fully saturated rings. The Bertz CT molecular complexity index is 1110. The van der Waals surface area contributed by atoms with Gasteiger partial charge in [0.25, 0.3) is 0 Å².